The van der Waals surface area contributed by atoms with E-state index in [1.54, 1.807) is 6.07 Å². The predicted molar refractivity (Wildman–Crippen MR) is 80.3 cm³/mol. The van der Waals surface area contributed by atoms with E-state index in [1.807, 2.05) is 6.92 Å². The summed E-state index contributed by atoms with van der Waals surface area (Å²) < 4.78 is 13.2. The van der Waals surface area contributed by atoms with E-state index >= 15 is 0 Å². The number of aryl methyl sites for hydroxylation is 1. The van der Waals surface area contributed by atoms with Crippen LogP contribution in [0.3, 0.4) is 0 Å². The number of carbonyl (C=O) groups is 1. The van der Waals surface area contributed by atoms with E-state index in [4.69, 9.17) is 0 Å². The summed E-state index contributed by atoms with van der Waals surface area (Å²) in [4.78, 5) is 12.3. The molecule has 21 heavy (non-hydrogen) atoms. The Morgan fingerprint density at radius 1 is 1.43 bits per heavy atom. The van der Waals surface area contributed by atoms with Crippen molar-refractivity contribution in [2.24, 2.45) is 0 Å². The van der Waals surface area contributed by atoms with Gasteiger partial charge in [-0.15, -0.1) is 12.4 Å². The maximum atomic E-state index is 13.2. The van der Waals surface area contributed by atoms with Gasteiger partial charge >= 0.3 is 0 Å². The molecule has 0 atom stereocenters. The fourth-order valence-electron chi connectivity index (χ4n) is 2.32. The highest BCUT2D eigenvalue weighted by atomic mass is 35.5. The van der Waals surface area contributed by atoms with Gasteiger partial charge in [0.2, 0.25) is 0 Å². The fraction of sp³-hybridized carbons (Fsp3) is 0.286. The molecule has 3 N–H and O–H groups in total. The smallest absolute Gasteiger partial charge is 0.276 e. The van der Waals surface area contributed by atoms with E-state index in [-0.39, 0.29) is 24.1 Å². The molecule has 0 saturated carbocycles. The lowest BCUT2D eigenvalue weighted by Gasteiger charge is -2.13. The Hall–Kier alpha value is -1.92. The Bertz CT molecular complexity index is 671. The average Bonchev–Trinajstić information content (AvgIpc) is 2.87. The number of anilines is 1. The minimum atomic E-state index is -0.378. The highest BCUT2D eigenvalue weighted by molar-refractivity contribution is 6.04. The van der Waals surface area contributed by atoms with Crippen LogP contribution in [-0.4, -0.2) is 22.6 Å². The standard InChI is InChI=1S/C14H15FN4O.ClH/c1-8-2-3-9(15)6-12(8)17-14(20)13-10-7-16-5-4-11(10)18-19-13;/h2-3,6,16H,4-5,7H2,1H3,(H,17,20)(H,18,19);1H. The normalized spacial score (nSPS) is 13.2. The largest absolute Gasteiger partial charge is 0.320 e. The number of H-pyrrole nitrogens is 1. The minimum Gasteiger partial charge on any atom is -0.320 e. The van der Waals surface area contributed by atoms with Crippen molar-refractivity contribution < 1.29 is 9.18 Å². The van der Waals surface area contributed by atoms with Crippen LogP contribution in [0.5, 0.6) is 0 Å². The molecule has 0 spiro atoms. The zero-order valence-corrected chi connectivity index (χ0v) is 12.3. The van der Waals surface area contributed by atoms with Crippen LogP contribution in [0.2, 0.25) is 0 Å². The lowest BCUT2D eigenvalue weighted by molar-refractivity contribution is 0.102. The highest BCUT2D eigenvalue weighted by Gasteiger charge is 2.21. The average molecular weight is 311 g/mol. The number of amides is 1. The summed E-state index contributed by atoms with van der Waals surface area (Å²) in [5.74, 6) is -0.698. The molecule has 1 aliphatic heterocycles. The zero-order valence-electron chi connectivity index (χ0n) is 11.5. The first kappa shape index (κ1) is 15.5. The Morgan fingerprint density at radius 2 is 2.24 bits per heavy atom. The van der Waals surface area contributed by atoms with Crippen molar-refractivity contribution in [3.8, 4) is 0 Å². The topological polar surface area (TPSA) is 69.8 Å². The molecule has 0 radical (unpaired) electrons. The number of rotatable bonds is 2. The third kappa shape index (κ3) is 3.06. The van der Waals surface area contributed by atoms with Crippen molar-refractivity contribution in [1.82, 2.24) is 15.5 Å². The first-order valence-corrected chi connectivity index (χ1v) is 6.49. The van der Waals surface area contributed by atoms with Crippen molar-refractivity contribution in [3.05, 3.63) is 46.5 Å². The fourth-order valence-corrected chi connectivity index (χ4v) is 2.32. The maximum Gasteiger partial charge on any atom is 0.276 e. The summed E-state index contributed by atoms with van der Waals surface area (Å²) >= 11 is 0. The molecule has 1 amide bonds. The van der Waals surface area contributed by atoms with Gasteiger partial charge in [0.15, 0.2) is 5.69 Å². The van der Waals surface area contributed by atoms with Crippen molar-refractivity contribution >= 4 is 24.0 Å². The molecular weight excluding hydrogens is 295 g/mol. The number of benzene rings is 1. The molecule has 2 heterocycles. The third-order valence-corrected chi connectivity index (χ3v) is 3.47. The van der Waals surface area contributed by atoms with Crippen LogP contribution >= 0.6 is 12.4 Å². The lowest BCUT2D eigenvalue weighted by Crippen LogP contribution is -2.25. The summed E-state index contributed by atoms with van der Waals surface area (Å²) in [6, 6.07) is 4.31. The van der Waals surface area contributed by atoms with Crippen LogP contribution in [0.1, 0.15) is 27.3 Å². The molecule has 112 valence electrons. The number of hydrogen-bond donors (Lipinski definition) is 3. The van der Waals surface area contributed by atoms with Gasteiger partial charge in [-0.3, -0.25) is 9.89 Å². The molecule has 0 unspecified atom stereocenters. The van der Waals surface area contributed by atoms with E-state index in [1.165, 1.54) is 12.1 Å². The molecule has 0 saturated heterocycles. The summed E-state index contributed by atoms with van der Waals surface area (Å²) in [5, 5.41) is 12.9. The number of hydrogen-bond acceptors (Lipinski definition) is 3. The van der Waals surface area contributed by atoms with Gasteiger partial charge < -0.3 is 10.6 Å². The molecule has 7 heteroatoms. The van der Waals surface area contributed by atoms with Gasteiger partial charge in [0.05, 0.1) is 0 Å². The molecule has 0 fully saturated rings. The molecule has 3 rings (SSSR count). The number of aromatic nitrogens is 2. The Morgan fingerprint density at radius 3 is 3.05 bits per heavy atom. The second kappa shape index (κ2) is 6.24. The van der Waals surface area contributed by atoms with Crippen molar-refractivity contribution in [1.29, 1.82) is 0 Å². The van der Waals surface area contributed by atoms with Gasteiger partial charge in [-0.2, -0.15) is 5.10 Å². The van der Waals surface area contributed by atoms with E-state index in [0.717, 1.165) is 29.8 Å². The van der Waals surface area contributed by atoms with Crippen molar-refractivity contribution in [2.75, 3.05) is 11.9 Å². The lowest BCUT2D eigenvalue weighted by atomic mass is 10.1. The highest BCUT2D eigenvalue weighted by Crippen LogP contribution is 2.19. The van der Waals surface area contributed by atoms with Crippen molar-refractivity contribution in [3.63, 3.8) is 0 Å². The molecule has 5 nitrogen and oxygen atoms in total. The number of halogens is 2. The van der Waals surface area contributed by atoms with Crippen LogP contribution in [0, 0.1) is 12.7 Å². The van der Waals surface area contributed by atoms with Gasteiger partial charge in [-0.25, -0.2) is 4.39 Å². The number of nitrogens with one attached hydrogen (secondary N) is 3. The molecule has 1 aromatic heterocycles. The predicted octanol–water partition coefficient (Wildman–Crippen LogP) is 2.18. The molecule has 0 bridgehead atoms. The quantitative estimate of drug-likeness (QED) is 0.796. The first-order valence-electron chi connectivity index (χ1n) is 6.49. The number of nitrogens with zero attached hydrogens (tertiary/aromatic N) is 1. The number of carbonyl (C=O) groups excluding carboxylic acids is 1. The molecule has 2 aromatic rings. The van der Waals surface area contributed by atoms with Gasteiger partial charge in [0, 0.05) is 36.5 Å². The summed E-state index contributed by atoms with van der Waals surface area (Å²) in [5.41, 5.74) is 3.53. The van der Waals surface area contributed by atoms with Crippen LogP contribution in [0.25, 0.3) is 0 Å². The van der Waals surface area contributed by atoms with Crippen LogP contribution in [-0.2, 0) is 13.0 Å². The monoisotopic (exact) mass is 310 g/mol. The van der Waals surface area contributed by atoms with Crippen molar-refractivity contribution in [2.45, 2.75) is 19.9 Å². The molecule has 0 aliphatic carbocycles. The van der Waals surface area contributed by atoms with Gasteiger partial charge in [-0.1, -0.05) is 6.07 Å². The van der Waals surface area contributed by atoms with E-state index in [2.05, 4.69) is 20.8 Å². The summed E-state index contributed by atoms with van der Waals surface area (Å²) in [6.45, 7) is 3.31. The Balaban J connectivity index is 0.00000161. The van der Waals surface area contributed by atoms with E-state index in [9.17, 15) is 9.18 Å². The summed E-state index contributed by atoms with van der Waals surface area (Å²) in [7, 11) is 0. The third-order valence-electron chi connectivity index (χ3n) is 3.47. The van der Waals surface area contributed by atoms with E-state index < -0.39 is 0 Å². The molecule has 1 aromatic carbocycles. The van der Waals surface area contributed by atoms with Gasteiger partial charge in [0.25, 0.3) is 5.91 Å². The van der Waals surface area contributed by atoms with Crippen LogP contribution < -0.4 is 10.6 Å². The van der Waals surface area contributed by atoms with E-state index in [0.29, 0.717) is 17.9 Å². The SMILES string of the molecule is Cc1ccc(F)cc1NC(=O)c1n[nH]c2c1CNCC2.Cl. The zero-order chi connectivity index (χ0) is 14.1. The first-order chi connectivity index (χ1) is 9.65. The maximum absolute atomic E-state index is 13.2. The van der Waals surface area contributed by atoms with Crippen LogP contribution in [0.4, 0.5) is 10.1 Å². The Kier molecular flexibility index (Phi) is 4.59. The Labute approximate surface area is 127 Å². The van der Waals surface area contributed by atoms with Gasteiger partial charge in [0.1, 0.15) is 5.82 Å². The number of aromatic amines is 1. The molecular formula is C14H16ClFN4O. The van der Waals surface area contributed by atoms with Crippen LogP contribution in [0.15, 0.2) is 18.2 Å². The number of fused-ring (bicyclic) bond motifs is 1. The summed E-state index contributed by atoms with van der Waals surface area (Å²) in [6.07, 6.45) is 0.828. The second-order valence-corrected chi connectivity index (χ2v) is 4.87. The second-order valence-electron chi connectivity index (χ2n) is 4.87. The van der Waals surface area contributed by atoms with Gasteiger partial charge in [-0.05, 0) is 24.6 Å². The minimum absolute atomic E-state index is 0. The molecule has 1 aliphatic rings.